The Balaban J connectivity index is 1.24. The molecule has 4 aliphatic rings. The standard InChI is InChI=1S/C34H40F3N7O/c1-18-11-25-27(20(3)41-42-25)26(19(18)2)28-24(36)12-23-30(29(28)37)38-32(39-31(23)44-14-22-5-7-33(4,15-44)40-22)45-17-34(8-9-34)16-43-10-6-21(35)13-43/h11-12,21-22,40H,5-10,13-17H2,1-4H3,(H,41,42)/t21-,22-,33-/m1/s1. The first kappa shape index (κ1) is 29.0. The maximum Gasteiger partial charge on any atom is 0.319 e. The second-order valence-electron chi connectivity index (χ2n) is 14.4. The fourth-order valence-corrected chi connectivity index (χ4v) is 8.04. The molecule has 0 radical (unpaired) electrons. The van der Waals surface area contributed by atoms with Crippen LogP contribution in [-0.2, 0) is 0 Å². The number of piperazine rings is 1. The van der Waals surface area contributed by atoms with E-state index in [2.05, 4.69) is 37.2 Å². The van der Waals surface area contributed by atoms with Crippen molar-refractivity contribution in [2.75, 3.05) is 44.2 Å². The summed E-state index contributed by atoms with van der Waals surface area (Å²) in [6.45, 7) is 11.5. The van der Waals surface area contributed by atoms with Crippen LogP contribution in [0.15, 0.2) is 12.1 Å². The number of rotatable bonds is 7. The Morgan fingerprint density at radius 2 is 1.87 bits per heavy atom. The van der Waals surface area contributed by atoms with Crippen LogP contribution in [-0.4, -0.2) is 82.1 Å². The summed E-state index contributed by atoms with van der Waals surface area (Å²) in [5.41, 5.74) is 3.31. The molecule has 3 aliphatic heterocycles. The van der Waals surface area contributed by atoms with Gasteiger partial charge in [-0.25, -0.2) is 13.2 Å². The van der Waals surface area contributed by atoms with Crippen molar-refractivity contribution in [3.8, 4) is 17.1 Å². The molecule has 4 aromatic rings. The Labute approximate surface area is 260 Å². The van der Waals surface area contributed by atoms with Gasteiger partial charge in [-0.1, -0.05) is 0 Å². The van der Waals surface area contributed by atoms with Gasteiger partial charge in [0.25, 0.3) is 0 Å². The van der Waals surface area contributed by atoms with E-state index < -0.39 is 17.8 Å². The molecule has 3 saturated heterocycles. The van der Waals surface area contributed by atoms with Gasteiger partial charge in [0.15, 0.2) is 5.82 Å². The van der Waals surface area contributed by atoms with E-state index in [1.807, 2.05) is 26.8 Å². The van der Waals surface area contributed by atoms with Crippen molar-refractivity contribution in [2.45, 2.75) is 77.6 Å². The molecule has 8 rings (SSSR count). The Bertz CT molecular complexity index is 1840. The number of fused-ring (bicyclic) bond motifs is 4. The number of H-pyrrole nitrogens is 1. The number of anilines is 1. The lowest BCUT2D eigenvalue weighted by Gasteiger charge is -2.40. The number of halogens is 3. The summed E-state index contributed by atoms with van der Waals surface area (Å²) >= 11 is 0. The molecule has 0 spiro atoms. The zero-order valence-electron chi connectivity index (χ0n) is 26.4. The van der Waals surface area contributed by atoms with Gasteiger partial charge in [0, 0.05) is 66.1 Å². The predicted octanol–water partition coefficient (Wildman–Crippen LogP) is 5.91. The van der Waals surface area contributed by atoms with E-state index in [0.29, 0.717) is 60.5 Å². The summed E-state index contributed by atoms with van der Waals surface area (Å²) in [4.78, 5) is 13.8. The number of nitrogens with zero attached hydrogens (tertiary/aromatic N) is 5. The molecule has 11 heteroatoms. The number of likely N-dealkylation sites (tertiary alicyclic amines) is 1. The number of aryl methyl sites for hydroxylation is 2. The molecule has 1 saturated carbocycles. The van der Waals surface area contributed by atoms with Crippen LogP contribution in [0.3, 0.4) is 0 Å². The molecule has 4 fully saturated rings. The van der Waals surface area contributed by atoms with Gasteiger partial charge < -0.3 is 15.0 Å². The summed E-state index contributed by atoms with van der Waals surface area (Å²) in [6.07, 6.45) is 3.83. The van der Waals surface area contributed by atoms with Gasteiger partial charge >= 0.3 is 6.01 Å². The fourth-order valence-electron chi connectivity index (χ4n) is 8.04. The van der Waals surface area contributed by atoms with Crippen molar-refractivity contribution in [1.82, 2.24) is 30.4 Å². The van der Waals surface area contributed by atoms with Gasteiger partial charge in [-0.3, -0.25) is 10.00 Å². The van der Waals surface area contributed by atoms with Crippen LogP contribution in [0.1, 0.15) is 55.8 Å². The number of nitrogens with one attached hydrogen (secondary N) is 2. The monoisotopic (exact) mass is 619 g/mol. The van der Waals surface area contributed by atoms with E-state index in [1.165, 1.54) is 6.07 Å². The van der Waals surface area contributed by atoms with Crippen molar-refractivity contribution < 1.29 is 17.9 Å². The zero-order chi connectivity index (χ0) is 31.2. The van der Waals surface area contributed by atoms with Crippen LogP contribution < -0.4 is 15.0 Å². The normalized spacial score (nSPS) is 26.0. The first-order valence-electron chi connectivity index (χ1n) is 16.2. The predicted molar refractivity (Wildman–Crippen MR) is 169 cm³/mol. The van der Waals surface area contributed by atoms with Crippen molar-refractivity contribution >= 4 is 27.6 Å². The van der Waals surface area contributed by atoms with Crippen LogP contribution >= 0.6 is 0 Å². The van der Waals surface area contributed by atoms with Gasteiger partial charge in [-0.15, -0.1) is 0 Å². The van der Waals surface area contributed by atoms with Crippen molar-refractivity contribution in [3.63, 3.8) is 0 Å². The SMILES string of the molecule is Cc1cc2[nH]nc(C)c2c(-c2c(F)cc3c(N4C[C@H]5CC[C@](C)(C4)N5)nc(OCC4(CN5CC[C@@H](F)C5)CC4)nc3c2F)c1C. The average Bonchev–Trinajstić information content (AvgIpc) is 3.34. The van der Waals surface area contributed by atoms with Gasteiger partial charge in [0.2, 0.25) is 0 Å². The molecule has 2 aromatic carbocycles. The smallest absolute Gasteiger partial charge is 0.319 e. The Kier molecular flexibility index (Phi) is 6.63. The topological polar surface area (TPSA) is 82.2 Å². The lowest BCUT2D eigenvalue weighted by molar-refractivity contribution is 0.165. The van der Waals surface area contributed by atoms with Crippen molar-refractivity contribution in [2.24, 2.45) is 5.41 Å². The number of hydrogen-bond donors (Lipinski definition) is 2. The molecule has 0 amide bonds. The number of aromatic nitrogens is 4. The van der Waals surface area contributed by atoms with E-state index >= 15 is 8.78 Å². The van der Waals surface area contributed by atoms with Gasteiger partial charge in [-0.05, 0) is 83.1 Å². The van der Waals surface area contributed by atoms with Gasteiger partial charge in [0.1, 0.15) is 23.3 Å². The lowest BCUT2D eigenvalue weighted by Crippen LogP contribution is -2.58. The molecule has 2 bridgehead atoms. The van der Waals surface area contributed by atoms with Crippen LogP contribution in [0.25, 0.3) is 32.9 Å². The van der Waals surface area contributed by atoms with E-state index in [9.17, 15) is 4.39 Å². The average molecular weight is 620 g/mol. The summed E-state index contributed by atoms with van der Waals surface area (Å²) in [5.74, 6) is -0.896. The largest absolute Gasteiger partial charge is 0.463 e. The molecule has 3 atom stereocenters. The van der Waals surface area contributed by atoms with Crippen LogP contribution in [0.4, 0.5) is 19.0 Å². The van der Waals surface area contributed by atoms with Crippen LogP contribution in [0.2, 0.25) is 0 Å². The second-order valence-corrected chi connectivity index (χ2v) is 14.4. The Morgan fingerprint density at radius 1 is 1.04 bits per heavy atom. The number of alkyl halides is 1. The zero-order valence-corrected chi connectivity index (χ0v) is 26.4. The molecule has 238 valence electrons. The minimum absolute atomic E-state index is 0.0438. The van der Waals surface area contributed by atoms with Gasteiger partial charge in [-0.2, -0.15) is 15.1 Å². The minimum atomic E-state index is -0.772. The van der Waals surface area contributed by atoms with E-state index in [0.717, 1.165) is 55.4 Å². The number of ether oxygens (including phenoxy) is 1. The second kappa shape index (κ2) is 10.3. The number of hydrogen-bond acceptors (Lipinski definition) is 7. The van der Waals surface area contributed by atoms with Crippen LogP contribution in [0.5, 0.6) is 6.01 Å². The van der Waals surface area contributed by atoms with E-state index in [4.69, 9.17) is 9.72 Å². The molecule has 0 unspecified atom stereocenters. The van der Waals surface area contributed by atoms with Crippen molar-refractivity contribution in [3.05, 3.63) is 40.6 Å². The highest BCUT2D eigenvalue weighted by atomic mass is 19.1. The number of aromatic amines is 1. The molecule has 1 aliphatic carbocycles. The Morgan fingerprint density at radius 3 is 2.60 bits per heavy atom. The highest BCUT2D eigenvalue weighted by molar-refractivity contribution is 6.02. The maximum absolute atomic E-state index is 17.0. The maximum atomic E-state index is 17.0. The van der Waals surface area contributed by atoms with E-state index in [1.54, 1.807) is 0 Å². The summed E-state index contributed by atoms with van der Waals surface area (Å²) < 4.78 is 53.5. The lowest BCUT2D eigenvalue weighted by atomic mass is 9.91. The fraction of sp³-hybridized carbons (Fsp3) is 0.559. The third-order valence-corrected chi connectivity index (χ3v) is 10.8. The molecule has 45 heavy (non-hydrogen) atoms. The highest BCUT2D eigenvalue weighted by Gasteiger charge is 2.46. The molecule has 5 heterocycles. The van der Waals surface area contributed by atoms with Crippen molar-refractivity contribution in [1.29, 1.82) is 0 Å². The first-order chi connectivity index (χ1) is 21.5. The number of benzene rings is 2. The third kappa shape index (κ3) is 4.93. The molecule has 2 aromatic heterocycles. The molecule has 8 nitrogen and oxygen atoms in total. The van der Waals surface area contributed by atoms with E-state index in [-0.39, 0.29) is 34.1 Å². The molecular weight excluding hydrogens is 579 g/mol. The summed E-state index contributed by atoms with van der Waals surface area (Å²) in [6, 6.07) is 3.71. The van der Waals surface area contributed by atoms with Crippen LogP contribution in [0, 0.1) is 37.8 Å². The van der Waals surface area contributed by atoms with Gasteiger partial charge in [0.05, 0.1) is 23.4 Å². The molecule has 2 N–H and O–H groups in total. The quantitative estimate of drug-likeness (QED) is 0.266. The summed E-state index contributed by atoms with van der Waals surface area (Å²) in [5, 5.41) is 12.1. The highest BCUT2D eigenvalue weighted by Crippen LogP contribution is 2.47. The Hall–Kier alpha value is -3.44. The minimum Gasteiger partial charge on any atom is -0.463 e. The summed E-state index contributed by atoms with van der Waals surface area (Å²) in [7, 11) is 0. The molecular formula is C34H40F3N7O. The third-order valence-electron chi connectivity index (χ3n) is 10.8. The first-order valence-corrected chi connectivity index (χ1v) is 16.2.